The van der Waals surface area contributed by atoms with E-state index < -0.39 is 0 Å². The SMILES string of the molecule is COc1ccc(OCCn2c(CCCNC(=O)/C=C/c3ccccc3)nc3ccccc32)cc1. The zero-order chi connectivity index (χ0) is 23.6. The number of hydrogen-bond acceptors (Lipinski definition) is 4. The number of ether oxygens (including phenoxy) is 2. The predicted octanol–water partition coefficient (Wildman–Crippen LogP) is 4.89. The second-order valence-electron chi connectivity index (χ2n) is 7.83. The molecular weight excluding hydrogens is 426 g/mol. The molecule has 0 aliphatic carbocycles. The maximum atomic E-state index is 12.1. The highest BCUT2D eigenvalue weighted by Gasteiger charge is 2.10. The van der Waals surface area contributed by atoms with Crippen molar-refractivity contribution in [1.82, 2.24) is 14.9 Å². The number of aryl methyl sites for hydroxylation is 1. The number of carbonyl (C=O) groups excluding carboxylic acids is 1. The fraction of sp³-hybridized carbons (Fsp3) is 0.214. The molecule has 0 aliphatic rings. The van der Waals surface area contributed by atoms with Crippen LogP contribution >= 0.6 is 0 Å². The molecular formula is C28H29N3O3. The number of para-hydroxylation sites is 2. The minimum absolute atomic E-state index is 0.0924. The lowest BCUT2D eigenvalue weighted by atomic mass is 10.2. The van der Waals surface area contributed by atoms with Gasteiger partial charge in [-0.2, -0.15) is 0 Å². The van der Waals surface area contributed by atoms with Crippen LogP contribution in [0.15, 0.2) is 84.9 Å². The van der Waals surface area contributed by atoms with E-state index in [2.05, 4.69) is 16.0 Å². The summed E-state index contributed by atoms with van der Waals surface area (Å²) in [4.78, 5) is 16.9. The Morgan fingerprint density at radius 1 is 0.971 bits per heavy atom. The highest BCUT2D eigenvalue weighted by molar-refractivity contribution is 5.91. The summed E-state index contributed by atoms with van der Waals surface area (Å²) in [5.74, 6) is 2.51. The van der Waals surface area contributed by atoms with Crippen molar-refractivity contribution >= 4 is 23.0 Å². The smallest absolute Gasteiger partial charge is 0.243 e. The molecule has 0 fully saturated rings. The van der Waals surface area contributed by atoms with Crippen LogP contribution in [0.4, 0.5) is 0 Å². The van der Waals surface area contributed by atoms with Crippen LogP contribution in [-0.2, 0) is 17.8 Å². The number of nitrogens with one attached hydrogen (secondary N) is 1. The molecule has 1 N–H and O–H groups in total. The average molecular weight is 456 g/mol. The molecule has 0 saturated carbocycles. The van der Waals surface area contributed by atoms with Gasteiger partial charge >= 0.3 is 0 Å². The number of aromatic nitrogens is 2. The number of rotatable bonds is 11. The van der Waals surface area contributed by atoms with Gasteiger partial charge in [-0.3, -0.25) is 4.79 Å². The maximum Gasteiger partial charge on any atom is 0.243 e. The third-order valence-corrected chi connectivity index (χ3v) is 5.48. The highest BCUT2D eigenvalue weighted by Crippen LogP contribution is 2.19. The molecule has 3 aromatic carbocycles. The van der Waals surface area contributed by atoms with Gasteiger partial charge in [0.2, 0.25) is 5.91 Å². The summed E-state index contributed by atoms with van der Waals surface area (Å²) in [6.45, 7) is 1.80. The first-order valence-corrected chi connectivity index (χ1v) is 11.4. The maximum absolute atomic E-state index is 12.1. The first kappa shape index (κ1) is 23.1. The van der Waals surface area contributed by atoms with Crippen LogP contribution in [0.25, 0.3) is 17.1 Å². The van der Waals surface area contributed by atoms with E-state index in [1.165, 1.54) is 0 Å². The number of benzene rings is 3. The Morgan fingerprint density at radius 3 is 2.50 bits per heavy atom. The molecule has 0 radical (unpaired) electrons. The van der Waals surface area contributed by atoms with Gasteiger partial charge in [0.25, 0.3) is 0 Å². The second kappa shape index (κ2) is 11.7. The fourth-order valence-electron chi connectivity index (χ4n) is 3.75. The number of amides is 1. The summed E-state index contributed by atoms with van der Waals surface area (Å²) in [6.07, 6.45) is 4.95. The number of hydrogen-bond donors (Lipinski definition) is 1. The predicted molar refractivity (Wildman–Crippen MR) is 135 cm³/mol. The molecule has 4 aromatic rings. The fourth-order valence-corrected chi connectivity index (χ4v) is 3.75. The van der Waals surface area contributed by atoms with Crippen LogP contribution in [0.1, 0.15) is 17.8 Å². The third kappa shape index (κ3) is 6.25. The number of carbonyl (C=O) groups is 1. The van der Waals surface area contributed by atoms with Crippen molar-refractivity contribution in [2.45, 2.75) is 19.4 Å². The molecule has 1 amide bonds. The molecule has 0 saturated heterocycles. The molecule has 6 heteroatoms. The summed E-state index contributed by atoms with van der Waals surface area (Å²) in [6, 6.07) is 25.5. The summed E-state index contributed by atoms with van der Waals surface area (Å²) < 4.78 is 13.3. The van der Waals surface area contributed by atoms with E-state index >= 15 is 0 Å². The number of methoxy groups -OCH3 is 1. The van der Waals surface area contributed by atoms with Gasteiger partial charge < -0.3 is 19.4 Å². The van der Waals surface area contributed by atoms with Gasteiger partial charge in [0.15, 0.2) is 0 Å². The van der Waals surface area contributed by atoms with Gasteiger partial charge in [0.1, 0.15) is 23.9 Å². The summed E-state index contributed by atoms with van der Waals surface area (Å²) in [5.41, 5.74) is 3.06. The molecule has 1 aromatic heterocycles. The van der Waals surface area contributed by atoms with Crippen molar-refractivity contribution < 1.29 is 14.3 Å². The summed E-state index contributed by atoms with van der Waals surface area (Å²) >= 11 is 0. The molecule has 0 aliphatic heterocycles. The summed E-state index contributed by atoms with van der Waals surface area (Å²) in [7, 11) is 1.65. The zero-order valence-corrected chi connectivity index (χ0v) is 19.3. The van der Waals surface area contributed by atoms with E-state index in [0.717, 1.165) is 46.8 Å². The Balaban J connectivity index is 1.31. The lowest BCUT2D eigenvalue weighted by Crippen LogP contribution is -2.23. The molecule has 34 heavy (non-hydrogen) atoms. The van der Waals surface area contributed by atoms with E-state index in [9.17, 15) is 4.79 Å². The van der Waals surface area contributed by atoms with Crippen LogP contribution in [0, 0.1) is 0 Å². The molecule has 0 spiro atoms. The molecule has 0 unspecified atom stereocenters. The number of imidazole rings is 1. The topological polar surface area (TPSA) is 65.4 Å². The lowest BCUT2D eigenvalue weighted by Gasteiger charge is -2.11. The van der Waals surface area contributed by atoms with Crippen molar-refractivity contribution in [1.29, 1.82) is 0 Å². The van der Waals surface area contributed by atoms with Gasteiger partial charge in [-0.05, 0) is 54.5 Å². The highest BCUT2D eigenvalue weighted by atomic mass is 16.5. The Morgan fingerprint density at radius 2 is 1.71 bits per heavy atom. The third-order valence-electron chi connectivity index (χ3n) is 5.48. The molecule has 0 bridgehead atoms. The first-order chi connectivity index (χ1) is 16.7. The van der Waals surface area contributed by atoms with Gasteiger partial charge in [-0.25, -0.2) is 4.98 Å². The normalized spacial score (nSPS) is 11.1. The Hall–Kier alpha value is -4.06. The monoisotopic (exact) mass is 455 g/mol. The van der Waals surface area contributed by atoms with Crippen molar-refractivity contribution in [2.24, 2.45) is 0 Å². The van der Waals surface area contributed by atoms with E-state index in [0.29, 0.717) is 19.7 Å². The molecule has 0 atom stereocenters. The molecule has 6 nitrogen and oxygen atoms in total. The second-order valence-corrected chi connectivity index (χ2v) is 7.83. The minimum atomic E-state index is -0.0924. The van der Waals surface area contributed by atoms with E-state index in [1.807, 2.05) is 78.9 Å². The van der Waals surface area contributed by atoms with Crippen molar-refractivity contribution in [2.75, 3.05) is 20.3 Å². The van der Waals surface area contributed by atoms with Crippen LogP contribution in [0.5, 0.6) is 11.5 Å². The van der Waals surface area contributed by atoms with Gasteiger partial charge in [0, 0.05) is 19.0 Å². The van der Waals surface area contributed by atoms with Crippen molar-refractivity contribution in [3.05, 3.63) is 96.3 Å². The largest absolute Gasteiger partial charge is 0.497 e. The molecule has 4 rings (SSSR count). The van der Waals surface area contributed by atoms with Crippen LogP contribution < -0.4 is 14.8 Å². The Kier molecular flexibility index (Phi) is 7.95. The first-order valence-electron chi connectivity index (χ1n) is 11.4. The Bertz CT molecular complexity index is 1230. The van der Waals surface area contributed by atoms with E-state index in [-0.39, 0.29) is 5.91 Å². The quantitative estimate of drug-likeness (QED) is 0.258. The van der Waals surface area contributed by atoms with Crippen molar-refractivity contribution in [3.8, 4) is 11.5 Å². The van der Waals surface area contributed by atoms with Gasteiger partial charge in [0.05, 0.1) is 24.7 Å². The minimum Gasteiger partial charge on any atom is -0.497 e. The van der Waals surface area contributed by atoms with Gasteiger partial charge in [-0.15, -0.1) is 0 Å². The molecule has 1 heterocycles. The zero-order valence-electron chi connectivity index (χ0n) is 19.3. The number of nitrogens with zero attached hydrogens (tertiary/aromatic N) is 2. The standard InChI is InChI=1S/C28H29N3O3/c1-33-23-14-16-24(17-15-23)34-21-20-31-26-11-6-5-10-25(26)30-27(31)12-7-19-29-28(32)18-13-22-8-3-2-4-9-22/h2-6,8-11,13-18H,7,12,19-21H2,1H3,(H,29,32)/b18-13+. The lowest BCUT2D eigenvalue weighted by molar-refractivity contribution is -0.116. The average Bonchev–Trinajstić information content (AvgIpc) is 3.24. The van der Waals surface area contributed by atoms with Crippen LogP contribution in [-0.4, -0.2) is 35.7 Å². The summed E-state index contributed by atoms with van der Waals surface area (Å²) in [5, 5.41) is 2.95. The van der Waals surface area contributed by atoms with E-state index in [1.54, 1.807) is 13.2 Å². The van der Waals surface area contributed by atoms with Crippen LogP contribution in [0.3, 0.4) is 0 Å². The molecule has 174 valence electrons. The Labute approximate surface area is 199 Å². The van der Waals surface area contributed by atoms with Crippen LogP contribution in [0.2, 0.25) is 0 Å². The van der Waals surface area contributed by atoms with Crippen molar-refractivity contribution in [3.63, 3.8) is 0 Å². The van der Waals surface area contributed by atoms with Gasteiger partial charge in [-0.1, -0.05) is 42.5 Å². The van der Waals surface area contributed by atoms with E-state index in [4.69, 9.17) is 14.5 Å². The number of fused-ring (bicyclic) bond motifs is 1.